The number of nitrogens with zero attached hydrogens (tertiary/aromatic N) is 4. The predicted molar refractivity (Wildman–Crippen MR) is 53.8 cm³/mol. The highest BCUT2D eigenvalue weighted by Gasteiger charge is 2.06. The molecule has 0 aliphatic heterocycles. The van der Waals surface area contributed by atoms with E-state index >= 15 is 0 Å². The first kappa shape index (κ1) is 8.89. The molecule has 0 amide bonds. The summed E-state index contributed by atoms with van der Waals surface area (Å²) in [5, 5.41) is 10.9. The van der Waals surface area contributed by atoms with Crippen molar-refractivity contribution in [1.82, 2.24) is 19.7 Å². The van der Waals surface area contributed by atoms with Crippen LogP contribution in [0.2, 0.25) is 0 Å². The van der Waals surface area contributed by atoms with Crippen molar-refractivity contribution in [2.24, 2.45) is 12.8 Å². The Kier molecular flexibility index (Phi) is 2.28. The number of rotatable bonds is 3. The van der Waals surface area contributed by atoms with Crippen molar-refractivity contribution in [3.63, 3.8) is 0 Å². The first-order valence-corrected chi connectivity index (χ1v) is 4.41. The number of hydrogen-bond acceptors (Lipinski definition) is 5. The average molecular weight is 192 g/mol. The van der Waals surface area contributed by atoms with Gasteiger partial charge in [0.05, 0.1) is 6.20 Å². The van der Waals surface area contributed by atoms with Crippen molar-refractivity contribution >= 4 is 17.1 Å². The molecule has 14 heavy (non-hydrogen) atoms. The van der Waals surface area contributed by atoms with Gasteiger partial charge in [-0.1, -0.05) is 0 Å². The minimum absolute atomic E-state index is 0.578. The second-order valence-electron chi connectivity index (χ2n) is 2.95. The lowest BCUT2D eigenvalue weighted by atomic mass is 10.5. The van der Waals surface area contributed by atoms with E-state index in [1.807, 2.05) is 17.7 Å². The Morgan fingerprint density at radius 1 is 1.57 bits per heavy atom. The summed E-state index contributed by atoms with van der Waals surface area (Å²) < 4.78 is 1.86. The van der Waals surface area contributed by atoms with Crippen molar-refractivity contribution in [2.45, 2.75) is 0 Å². The number of nitrogens with one attached hydrogen (secondary N) is 1. The summed E-state index contributed by atoms with van der Waals surface area (Å²) in [7, 11) is 1.89. The molecule has 0 saturated carbocycles. The number of aryl methyl sites for hydroxylation is 1. The Balaban J connectivity index is 2.41. The first-order chi connectivity index (χ1) is 6.83. The number of aromatic nitrogens is 4. The summed E-state index contributed by atoms with van der Waals surface area (Å²) >= 11 is 0. The van der Waals surface area contributed by atoms with Crippen LogP contribution < -0.4 is 11.1 Å². The zero-order valence-electron chi connectivity index (χ0n) is 7.94. The molecule has 0 saturated heterocycles. The third kappa shape index (κ3) is 1.39. The molecule has 74 valence electrons. The second kappa shape index (κ2) is 3.59. The van der Waals surface area contributed by atoms with Crippen LogP contribution in [0.1, 0.15) is 0 Å². The lowest BCUT2D eigenvalue weighted by Gasteiger charge is -2.02. The molecule has 6 nitrogen and oxygen atoms in total. The van der Waals surface area contributed by atoms with E-state index in [0.29, 0.717) is 13.1 Å². The molecule has 0 bridgehead atoms. The lowest BCUT2D eigenvalue weighted by Crippen LogP contribution is -2.15. The summed E-state index contributed by atoms with van der Waals surface area (Å²) in [6, 6.07) is 1.83. The monoisotopic (exact) mass is 192 g/mol. The summed E-state index contributed by atoms with van der Waals surface area (Å²) in [5.41, 5.74) is 7.00. The van der Waals surface area contributed by atoms with Crippen LogP contribution >= 0.6 is 0 Å². The summed E-state index contributed by atoms with van der Waals surface area (Å²) in [4.78, 5) is 4.34. The number of imidazole rings is 1. The van der Waals surface area contributed by atoms with Crippen molar-refractivity contribution in [3.8, 4) is 0 Å². The van der Waals surface area contributed by atoms with Crippen LogP contribution in [-0.4, -0.2) is 32.8 Å². The molecule has 2 aromatic heterocycles. The van der Waals surface area contributed by atoms with Gasteiger partial charge in [0.2, 0.25) is 5.95 Å². The predicted octanol–water partition coefficient (Wildman–Crippen LogP) is -0.266. The Morgan fingerprint density at radius 3 is 3.14 bits per heavy atom. The van der Waals surface area contributed by atoms with Crippen molar-refractivity contribution in [3.05, 3.63) is 12.3 Å². The van der Waals surface area contributed by atoms with Crippen LogP contribution in [0.25, 0.3) is 11.2 Å². The maximum absolute atomic E-state index is 5.39. The van der Waals surface area contributed by atoms with Gasteiger partial charge in [0, 0.05) is 20.1 Å². The van der Waals surface area contributed by atoms with E-state index in [0.717, 1.165) is 17.1 Å². The fourth-order valence-electron chi connectivity index (χ4n) is 1.28. The Morgan fingerprint density at radius 2 is 2.43 bits per heavy atom. The van der Waals surface area contributed by atoms with Crippen LogP contribution in [0.5, 0.6) is 0 Å². The molecule has 0 aliphatic rings. The molecule has 0 unspecified atom stereocenters. The summed E-state index contributed by atoms with van der Waals surface area (Å²) in [6.07, 6.45) is 1.63. The maximum atomic E-state index is 5.39. The van der Waals surface area contributed by atoms with Crippen molar-refractivity contribution in [1.29, 1.82) is 0 Å². The maximum Gasteiger partial charge on any atom is 0.204 e. The molecule has 0 radical (unpaired) electrons. The van der Waals surface area contributed by atoms with Gasteiger partial charge in [0.25, 0.3) is 0 Å². The van der Waals surface area contributed by atoms with Crippen LogP contribution in [0.4, 0.5) is 5.95 Å². The number of anilines is 1. The van der Waals surface area contributed by atoms with E-state index < -0.39 is 0 Å². The summed E-state index contributed by atoms with van der Waals surface area (Å²) in [6.45, 7) is 1.28. The van der Waals surface area contributed by atoms with E-state index in [9.17, 15) is 0 Å². The third-order valence-corrected chi connectivity index (χ3v) is 1.97. The molecule has 0 spiro atoms. The largest absolute Gasteiger partial charge is 0.354 e. The third-order valence-electron chi connectivity index (χ3n) is 1.97. The van der Waals surface area contributed by atoms with Crippen molar-refractivity contribution < 1.29 is 0 Å². The average Bonchev–Trinajstić information content (AvgIpc) is 2.54. The molecular formula is C8H12N6. The van der Waals surface area contributed by atoms with Gasteiger partial charge in [-0.15, -0.1) is 5.10 Å². The lowest BCUT2D eigenvalue weighted by molar-refractivity contribution is 0.890. The van der Waals surface area contributed by atoms with E-state index in [4.69, 9.17) is 5.73 Å². The Hall–Kier alpha value is -1.69. The minimum atomic E-state index is 0.578. The fourth-order valence-corrected chi connectivity index (χ4v) is 1.28. The van der Waals surface area contributed by atoms with E-state index in [1.165, 1.54) is 0 Å². The Labute approximate surface area is 81.1 Å². The number of hydrogen-bond donors (Lipinski definition) is 2. The molecule has 0 atom stereocenters. The van der Waals surface area contributed by atoms with Crippen molar-refractivity contribution in [2.75, 3.05) is 18.4 Å². The highest BCUT2D eigenvalue weighted by molar-refractivity contribution is 5.73. The molecule has 6 heteroatoms. The topological polar surface area (TPSA) is 81.7 Å². The van der Waals surface area contributed by atoms with Crippen LogP contribution in [0, 0.1) is 0 Å². The van der Waals surface area contributed by atoms with Crippen LogP contribution in [0.15, 0.2) is 12.3 Å². The quantitative estimate of drug-likeness (QED) is 0.699. The van der Waals surface area contributed by atoms with Gasteiger partial charge in [-0.25, -0.2) is 4.98 Å². The number of fused-ring (bicyclic) bond motifs is 1. The fraction of sp³-hybridized carbons (Fsp3) is 0.375. The number of nitrogens with two attached hydrogens (primary N) is 1. The normalized spacial score (nSPS) is 10.7. The second-order valence-corrected chi connectivity index (χ2v) is 2.95. The van der Waals surface area contributed by atoms with E-state index in [1.54, 1.807) is 6.20 Å². The molecule has 2 rings (SSSR count). The molecule has 0 fully saturated rings. The van der Waals surface area contributed by atoms with E-state index in [-0.39, 0.29) is 0 Å². The van der Waals surface area contributed by atoms with Crippen LogP contribution in [0.3, 0.4) is 0 Å². The zero-order chi connectivity index (χ0) is 9.97. The van der Waals surface area contributed by atoms with Gasteiger partial charge in [-0.2, -0.15) is 5.10 Å². The van der Waals surface area contributed by atoms with Gasteiger partial charge >= 0.3 is 0 Å². The van der Waals surface area contributed by atoms with Gasteiger partial charge in [0.15, 0.2) is 5.65 Å². The minimum Gasteiger partial charge on any atom is -0.354 e. The molecule has 3 N–H and O–H groups in total. The SMILES string of the molecule is Cn1c(NCCN)nc2ccnnc21. The first-order valence-electron chi connectivity index (χ1n) is 4.41. The van der Waals surface area contributed by atoms with E-state index in [2.05, 4.69) is 20.5 Å². The summed E-state index contributed by atoms with van der Waals surface area (Å²) in [5.74, 6) is 0.769. The smallest absolute Gasteiger partial charge is 0.204 e. The highest BCUT2D eigenvalue weighted by Crippen LogP contribution is 2.13. The van der Waals surface area contributed by atoms with Gasteiger partial charge in [0.1, 0.15) is 5.52 Å². The molecule has 2 aromatic rings. The standard InChI is InChI=1S/C8H12N6/c1-14-7-6(2-4-11-13-7)12-8(14)10-5-3-9/h2,4H,3,5,9H2,1H3,(H,10,12). The Bertz CT molecular complexity index is 434. The van der Waals surface area contributed by atoms with Gasteiger partial charge in [-0.3, -0.25) is 4.57 Å². The van der Waals surface area contributed by atoms with Gasteiger partial charge < -0.3 is 11.1 Å². The molecule has 2 heterocycles. The van der Waals surface area contributed by atoms with Gasteiger partial charge in [-0.05, 0) is 6.07 Å². The zero-order valence-corrected chi connectivity index (χ0v) is 7.94. The molecular weight excluding hydrogens is 180 g/mol. The van der Waals surface area contributed by atoms with Crippen LogP contribution in [-0.2, 0) is 7.05 Å². The highest BCUT2D eigenvalue weighted by atomic mass is 15.3. The molecule has 0 aromatic carbocycles. The molecule has 0 aliphatic carbocycles.